The van der Waals surface area contributed by atoms with Gasteiger partial charge in [0.1, 0.15) is 5.75 Å². The molecule has 2 aromatic rings. The molecule has 2 nitrogen and oxygen atoms in total. The van der Waals surface area contributed by atoms with Crippen molar-refractivity contribution >= 4 is 11.8 Å². The van der Waals surface area contributed by atoms with Gasteiger partial charge in [-0.3, -0.25) is 0 Å². The van der Waals surface area contributed by atoms with Gasteiger partial charge >= 0.3 is 0 Å². The Morgan fingerprint density at radius 2 is 1.72 bits per heavy atom. The van der Waals surface area contributed by atoms with Gasteiger partial charge in [-0.25, -0.2) is 0 Å². The van der Waals surface area contributed by atoms with Gasteiger partial charge in [-0.2, -0.15) is 0 Å². The van der Waals surface area contributed by atoms with Crippen molar-refractivity contribution in [3.8, 4) is 5.75 Å². The van der Waals surface area contributed by atoms with Crippen LogP contribution in [-0.2, 0) is 0 Å². The molecule has 0 saturated carbocycles. The summed E-state index contributed by atoms with van der Waals surface area (Å²) in [7, 11) is 1.68. The molecule has 2 rings (SSSR count). The number of rotatable bonds is 5. The van der Waals surface area contributed by atoms with Crippen LogP contribution in [0.15, 0.2) is 59.5 Å². The Morgan fingerprint density at radius 1 is 1.06 bits per heavy atom. The molecule has 0 bridgehead atoms. The second-order valence-corrected chi connectivity index (χ2v) is 5.20. The zero-order valence-electron chi connectivity index (χ0n) is 10.4. The van der Waals surface area contributed by atoms with Gasteiger partial charge in [0, 0.05) is 16.7 Å². The van der Waals surface area contributed by atoms with Crippen LogP contribution in [0.5, 0.6) is 5.75 Å². The van der Waals surface area contributed by atoms with Gasteiger partial charge in [0.15, 0.2) is 0 Å². The molecule has 0 amide bonds. The fraction of sp³-hybridized carbons (Fsp3) is 0.200. The van der Waals surface area contributed by atoms with Gasteiger partial charge in [-0.05, 0) is 29.8 Å². The molecule has 0 spiro atoms. The number of methoxy groups -OCH3 is 1. The number of benzene rings is 2. The van der Waals surface area contributed by atoms with Gasteiger partial charge < -0.3 is 10.5 Å². The molecule has 2 aromatic carbocycles. The molecule has 94 valence electrons. The average Bonchev–Trinajstić information content (AvgIpc) is 2.46. The molecule has 18 heavy (non-hydrogen) atoms. The minimum absolute atomic E-state index is 0.291. The number of hydrogen-bond acceptors (Lipinski definition) is 3. The number of hydrogen-bond donors (Lipinski definition) is 1. The highest BCUT2D eigenvalue weighted by Gasteiger charge is 2.10. The minimum atomic E-state index is 0.291. The van der Waals surface area contributed by atoms with E-state index in [9.17, 15) is 0 Å². The summed E-state index contributed by atoms with van der Waals surface area (Å²) in [5.74, 6) is 0.878. The van der Waals surface area contributed by atoms with Crippen molar-refractivity contribution in [2.75, 3.05) is 13.7 Å². The van der Waals surface area contributed by atoms with Crippen LogP contribution in [0.3, 0.4) is 0 Å². The zero-order chi connectivity index (χ0) is 12.8. The molecule has 0 aliphatic rings. The molecular weight excluding hydrogens is 242 g/mol. The van der Waals surface area contributed by atoms with E-state index in [4.69, 9.17) is 10.5 Å². The first-order valence-corrected chi connectivity index (χ1v) is 6.77. The number of ether oxygens (including phenoxy) is 1. The van der Waals surface area contributed by atoms with E-state index in [0.717, 1.165) is 5.75 Å². The number of nitrogens with two attached hydrogens (primary N) is 1. The molecule has 0 aliphatic heterocycles. The van der Waals surface area contributed by atoms with Crippen molar-refractivity contribution in [2.45, 2.75) is 10.1 Å². The van der Waals surface area contributed by atoms with Gasteiger partial charge in [-0.15, -0.1) is 11.8 Å². The predicted octanol–water partition coefficient (Wildman–Crippen LogP) is 3.49. The lowest BCUT2D eigenvalue weighted by molar-refractivity contribution is 0.414. The monoisotopic (exact) mass is 259 g/mol. The van der Waals surface area contributed by atoms with Crippen LogP contribution in [-0.4, -0.2) is 13.7 Å². The summed E-state index contributed by atoms with van der Waals surface area (Å²) in [5, 5.41) is 0.291. The minimum Gasteiger partial charge on any atom is -0.497 e. The molecule has 0 fully saturated rings. The Bertz CT molecular complexity index is 470. The van der Waals surface area contributed by atoms with Crippen LogP contribution in [0.25, 0.3) is 0 Å². The zero-order valence-corrected chi connectivity index (χ0v) is 11.2. The van der Waals surface area contributed by atoms with Crippen molar-refractivity contribution in [1.29, 1.82) is 0 Å². The third-order valence-electron chi connectivity index (χ3n) is 2.72. The maximum Gasteiger partial charge on any atom is 0.118 e. The SMILES string of the molecule is COc1ccc(SC(CN)c2ccccc2)cc1. The topological polar surface area (TPSA) is 35.2 Å². The first-order valence-electron chi connectivity index (χ1n) is 5.89. The van der Waals surface area contributed by atoms with E-state index >= 15 is 0 Å². The second-order valence-electron chi connectivity index (χ2n) is 3.93. The summed E-state index contributed by atoms with van der Waals surface area (Å²) in [6.45, 7) is 0.626. The van der Waals surface area contributed by atoms with Crippen molar-refractivity contribution in [3.63, 3.8) is 0 Å². The van der Waals surface area contributed by atoms with Gasteiger partial charge in [-0.1, -0.05) is 30.3 Å². The van der Waals surface area contributed by atoms with Gasteiger partial charge in [0.2, 0.25) is 0 Å². The quantitative estimate of drug-likeness (QED) is 0.835. The van der Waals surface area contributed by atoms with Crippen molar-refractivity contribution in [1.82, 2.24) is 0 Å². The molecular formula is C15H17NOS. The second kappa shape index (κ2) is 6.47. The van der Waals surface area contributed by atoms with E-state index in [0.29, 0.717) is 11.8 Å². The fourth-order valence-corrected chi connectivity index (χ4v) is 2.75. The van der Waals surface area contributed by atoms with Crippen molar-refractivity contribution < 1.29 is 4.74 Å². The Kier molecular flexibility index (Phi) is 4.67. The van der Waals surface area contributed by atoms with E-state index in [1.165, 1.54) is 10.5 Å². The fourth-order valence-electron chi connectivity index (χ4n) is 1.74. The van der Waals surface area contributed by atoms with Gasteiger partial charge in [0.25, 0.3) is 0 Å². The maximum atomic E-state index is 5.86. The van der Waals surface area contributed by atoms with E-state index in [1.807, 2.05) is 30.3 Å². The van der Waals surface area contributed by atoms with Crippen LogP contribution < -0.4 is 10.5 Å². The molecule has 0 aliphatic carbocycles. The lowest BCUT2D eigenvalue weighted by Gasteiger charge is -2.15. The third kappa shape index (κ3) is 3.28. The Balaban J connectivity index is 2.10. The highest BCUT2D eigenvalue weighted by Crippen LogP contribution is 2.34. The highest BCUT2D eigenvalue weighted by molar-refractivity contribution is 7.99. The molecule has 2 N–H and O–H groups in total. The van der Waals surface area contributed by atoms with E-state index in [1.54, 1.807) is 18.9 Å². The van der Waals surface area contributed by atoms with E-state index in [-0.39, 0.29) is 0 Å². The Labute approximate surface area is 112 Å². The maximum absolute atomic E-state index is 5.86. The molecule has 0 saturated heterocycles. The van der Waals surface area contributed by atoms with E-state index < -0.39 is 0 Å². The first kappa shape index (κ1) is 13.0. The van der Waals surface area contributed by atoms with Gasteiger partial charge in [0.05, 0.1) is 7.11 Å². The van der Waals surface area contributed by atoms with Crippen molar-refractivity contribution in [2.24, 2.45) is 5.73 Å². The van der Waals surface area contributed by atoms with Crippen LogP contribution >= 0.6 is 11.8 Å². The first-order chi connectivity index (χ1) is 8.83. The molecule has 0 aromatic heterocycles. The molecule has 3 heteroatoms. The molecule has 1 unspecified atom stereocenters. The summed E-state index contributed by atoms with van der Waals surface area (Å²) in [6.07, 6.45) is 0. The largest absolute Gasteiger partial charge is 0.497 e. The van der Waals surface area contributed by atoms with Crippen molar-refractivity contribution in [3.05, 3.63) is 60.2 Å². The predicted molar refractivity (Wildman–Crippen MR) is 77.1 cm³/mol. The standard InChI is InChI=1S/C15H17NOS/c1-17-13-7-9-14(10-8-13)18-15(11-16)12-5-3-2-4-6-12/h2-10,15H,11,16H2,1H3. The summed E-state index contributed by atoms with van der Waals surface area (Å²) < 4.78 is 5.15. The lowest BCUT2D eigenvalue weighted by Crippen LogP contribution is -2.09. The van der Waals surface area contributed by atoms with Crippen LogP contribution in [0.2, 0.25) is 0 Å². The molecule has 1 atom stereocenters. The normalized spacial score (nSPS) is 12.1. The van der Waals surface area contributed by atoms with Crippen LogP contribution in [0.1, 0.15) is 10.8 Å². The smallest absolute Gasteiger partial charge is 0.118 e. The lowest BCUT2D eigenvalue weighted by atomic mass is 10.1. The molecule has 0 heterocycles. The van der Waals surface area contributed by atoms with E-state index in [2.05, 4.69) is 24.3 Å². The number of thioether (sulfide) groups is 1. The molecule has 0 radical (unpaired) electrons. The summed E-state index contributed by atoms with van der Waals surface area (Å²) in [4.78, 5) is 1.20. The summed E-state index contributed by atoms with van der Waals surface area (Å²) in [5.41, 5.74) is 7.13. The Hall–Kier alpha value is -1.45. The average molecular weight is 259 g/mol. The van der Waals surface area contributed by atoms with Crippen LogP contribution in [0.4, 0.5) is 0 Å². The summed E-state index contributed by atoms with van der Waals surface area (Å²) >= 11 is 1.78. The third-order valence-corrected chi connectivity index (χ3v) is 4.02. The summed E-state index contributed by atoms with van der Waals surface area (Å²) in [6, 6.07) is 18.4. The Morgan fingerprint density at radius 3 is 2.28 bits per heavy atom. The van der Waals surface area contributed by atoms with Crippen LogP contribution in [0, 0.1) is 0 Å². The highest BCUT2D eigenvalue weighted by atomic mass is 32.2.